The number of fused-ring (bicyclic) bond motifs is 6. The molecule has 3 amide bonds. The van der Waals surface area contributed by atoms with E-state index in [-0.39, 0.29) is 37.5 Å². The zero-order chi connectivity index (χ0) is 20.7. The summed E-state index contributed by atoms with van der Waals surface area (Å²) in [5.41, 5.74) is 3.43. The quantitative estimate of drug-likeness (QED) is 0.818. The summed E-state index contributed by atoms with van der Waals surface area (Å²) in [6.07, 6.45) is 3.45. The van der Waals surface area contributed by atoms with Gasteiger partial charge in [-0.15, -0.1) is 0 Å². The molecule has 0 aliphatic carbocycles. The number of nitrogens with zero attached hydrogens (tertiary/aromatic N) is 2. The smallest absolute Gasteiger partial charge is 0.318 e. The number of carbonyl (C=O) groups excluding carboxylic acids is 2. The molecule has 3 atom stereocenters. The number of rotatable bonds is 3. The normalized spacial score (nSPS) is 23.9. The van der Waals surface area contributed by atoms with Crippen LogP contribution in [0.1, 0.15) is 49.4 Å². The van der Waals surface area contributed by atoms with Gasteiger partial charge in [0.2, 0.25) is 5.91 Å². The summed E-state index contributed by atoms with van der Waals surface area (Å²) in [5, 5.41) is 3.05. The highest BCUT2D eigenvalue weighted by atomic mass is 16.5. The van der Waals surface area contributed by atoms with Crippen LogP contribution >= 0.6 is 0 Å². The maximum absolute atomic E-state index is 13.4. The topological polar surface area (TPSA) is 61.9 Å². The van der Waals surface area contributed by atoms with Crippen LogP contribution in [0.15, 0.2) is 48.5 Å². The molecule has 0 aromatic heterocycles. The molecule has 2 aromatic carbocycles. The number of carbonyl (C=O) groups is 2. The number of ether oxygens (including phenoxy) is 1. The van der Waals surface area contributed by atoms with Crippen LogP contribution in [0, 0.1) is 0 Å². The van der Waals surface area contributed by atoms with E-state index in [1.165, 1.54) is 5.56 Å². The summed E-state index contributed by atoms with van der Waals surface area (Å²) in [6.45, 7) is 1.17. The van der Waals surface area contributed by atoms with Crippen molar-refractivity contribution in [2.45, 2.75) is 57.8 Å². The predicted octanol–water partition coefficient (Wildman–Crippen LogP) is 3.90. The molecule has 6 heteroatoms. The van der Waals surface area contributed by atoms with E-state index in [0.29, 0.717) is 13.1 Å². The Labute approximate surface area is 184 Å². The summed E-state index contributed by atoms with van der Waals surface area (Å²) in [7, 11) is 1.67. The number of piperazine rings is 1. The monoisotopic (exact) mass is 421 g/mol. The van der Waals surface area contributed by atoms with Crippen LogP contribution in [-0.4, -0.2) is 47.5 Å². The fraction of sp³-hybridized carbons (Fsp3) is 0.440. The minimum atomic E-state index is -0.351. The van der Waals surface area contributed by atoms with Crippen molar-refractivity contribution in [1.82, 2.24) is 15.1 Å². The maximum Gasteiger partial charge on any atom is 0.318 e. The second-order valence-corrected chi connectivity index (χ2v) is 8.36. The zero-order valence-electron chi connectivity index (χ0n) is 17.2. The van der Waals surface area contributed by atoms with Gasteiger partial charge in [-0.3, -0.25) is 4.79 Å². The van der Waals surface area contributed by atoms with Gasteiger partial charge in [0.25, 0.3) is 0 Å². The van der Waals surface area contributed by atoms with Crippen LogP contribution in [0.4, 0.5) is 4.79 Å². The number of piperidine rings is 1. The van der Waals surface area contributed by atoms with Gasteiger partial charge in [-0.05, 0) is 54.5 Å². The Morgan fingerprint density at radius 2 is 1.97 bits per heavy atom. The summed E-state index contributed by atoms with van der Waals surface area (Å²) < 4.78 is 5.40. The fourth-order valence-corrected chi connectivity index (χ4v) is 5.35. The summed E-state index contributed by atoms with van der Waals surface area (Å²) in [5.74, 6) is 0.926. The van der Waals surface area contributed by atoms with Gasteiger partial charge in [0.1, 0.15) is 11.8 Å². The third-order valence-corrected chi connectivity index (χ3v) is 6.75. The number of benzene rings is 2. The molecule has 5 rings (SSSR count). The molecule has 3 aliphatic rings. The van der Waals surface area contributed by atoms with Gasteiger partial charge >= 0.3 is 6.03 Å². The van der Waals surface area contributed by atoms with Crippen LogP contribution in [0.3, 0.4) is 0 Å². The van der Waals surface area contributed by atoms with Gasteiger partial charge in [0, 0.05) is 13.1 Å². The second-order valence-electron chi connectivity index (χ2n) is 8.36. The maximum atomic E-state index is 13.4. The van der Waals surface area contributed by atoms with E-state index in [4.69, 9.17) is 4.74 Å². The fourth-order valence-electron chi connectivity index (χ4n) is 5.35. The average molecular weight is 422 g/mol. The van der Waals surface area contributed by atoms with E-state index in [9.17, 15) is 9.59 Å². The highest BCUT2D eigenvalue weighted by molar-refractivity contribution is 5.90. The Balaban J connectivity index is 0.00000231. The third kappa shape index (κ3) is 3.64. The van der Waals surface area contributed by atoms with Gasteiger partial charge in [0.15, 0.2) is 0 Å². The van der Waals surface area contributed by atoms with Crippen molar-refractivity contribution in [3.63, 3.8) is 0 Å². The molecule has 31 heavy (non-hydrogen) atoms. The average Bonchev–Trinajstić information content (AvgIpc) is 2.80. The SMILES string of the molecule is C.COc1ccc2c(c1)CCN1C(=O)C3CCCC(C21)N3C(=O)NCc1ccccc1. The first kappa shape index (κ1) is 21.2. The molecule has 2 fully saturated rings. The first-order chi connectivity index (χ1) is 14.7. The Hall–Kier alpha value is -3.02. The van der Waals surface area contributed by atoms with Gasteiger partial charge in [-0.2, -0.15) is 0 Å². The molecule has 3 unspecified atom stereocenters. The molecule has 1 N–H and O–H groups in total. The van der Waals surface area contributed by atoms with E-state index >= 15 is 0 Å². The molecular weight excluding hydrogens is 390 g/mol. The standard InChI is InChI=1S/C24H27N3O3.CH4/c1-30-18-10-11-19-17(14-18)12-13-26-22(19)20-8-5-9-21(23(26)28)27(20)24(29)25-15-16-6-3-2-4-7-16;/h2-4,6-7,10-11,14,20-22H,5,8-9,12-13,15H2,1H3,(H,25,29);1H4. The third-order valence-electron chi connectivity index (χ3n) is 6.75. The van der Waals surface area contributed by atoms with Gasteiger partial charge < -0.3 is 19.9 Å². The summed E-state index contributed by atoms with van der Waals surface area (Å²) >= 11 is 0. The number of hydrogen-bond acceptors (Lipinski definition) is 3. The Morgan fingerprint density at radius 1 is 1.16 bits per heavy atom. The number of methoxy groups -OCH3 is 1. The number of urea groups is 1. The van der Waals surface area contributed by atoms with Crippen LogP contribution in [0.2, 0.25) is 0 Å². The van der Waals surface area contributed by atoms with E-state index in [0.717, 1.165) is 42.6 Å². The molecular formula is C25H31N3O3. The molecule has 6 nitrogen and oxygen atoms in total. The molecule has 0 spiro atoms. The molecule has 2 bridgehead atoms. The number of amides is 3. The zero-order valence-corrected chi connectivity index (χ0v) is 17.2. The first-order valence-corrected chi connectivity index (χ1v) is 10.7. The molecule has 2 aromatic rings. The first-order valence-electron chi connectivity index (χ1n) is 10.7. The molecule has 3 aliphatic heterocycles. The predicted molar refractivity (Wildman–Crippen MR) is 120 cm³/mol. The van der Waals surface area contributed by atoms with Crippen molar-refractivity contribution in [2.75, 3.05) is 13.7 Å². The Bertz CT molecular complexity index is 962. The van der Waals surface area contributed by atoms with Crippen LogP contribution in [0.5, 0.6) is 5.75 Å². The molecule has 3 heterocycles. The Morgan fingerprint density at radius 3 is 2.74 bits per heavy atom. The Kier molecular flexibility index (Phi) is 5.90. The van der Waals surface area contributed by atoms with E-state index in [1.54, 1.807) is 7.11 Å². The lowest BCUT2D eigenvalue weighted by molar-refractivity contribution is -0.152. The van der Waals surface area contributed by atoms with Crippen LogP contribution < -0.4 is 10.1 Å². The van der Waals surface area contributed by atoms with Crippen LogP contribution in [0.25, 0.3) is 0 Å². The van der Waals surface area contributed by atoms with Crippen molar-refractivity contribution in [2.24, 2.45) is 0 Å². The molecule has 2 saturated heterocycles. The van der Waals surface area contributed by atoms with Gasteiger partial charge in [-0.1, -0.05) is 43.8 Å². The minimum absolute atomic E-state index is 0. The lowest BCUT2D eigenvalue weighted by Crippen LogP contribution is -2.68. The van der Waals surface area contributed by atoms with E-state index in [1.807, 2.05) is 46.2 Å². The highest BCUT2D eigenvalue weighted by Crippen LogP contribution is 2.44. The van der Waals surface area contributed by atoms with Gasteiger partial charge in [0.05, 0.1) is 19.2 Å². The highest BCUT2D eigenvalue weighted by Gasteiger charge is 2.52. The lowest BCUT2D eigenvalue weighted by atomic mass is 9.78. The van der Waals surface area contributed by atoms with E-state index < -0.39 is 0 Å². The second kappa shape index (κ2) is 8.61. The molecule has 0 saturated carbocycles. The molecule has 0 radical (unpaired) electrons. The van der Waals surface area contributed by atoms with Crippen molar-refractivity contribution >= 4 is 11.9 Å². The van der Waals surface area contributed by atoms with Crippen molar-refractivity contribution in [1.29, 1.82) is 0 Å². The summed E-state index contributed by atoms with van der Waals surface area (Å²) in [4.78, 5) is 30.5. The van der Waals surface area contributed by atoms with Crippen molar-refractivity contribution in [3.05, 3.63) is 65.2 Å². The largest absolute Gasteiger partial charge is 0.497 e. The van der Waals surface area contributed by atoms with Crippen molar-refractivity contribution in [3.8, 4) is 5.75 Å². The lowest BCUT2D eigenvalue weighted by Gasteiger charge is -2.55. The summed E-state index contributed by atoms with van der Waals surface area (Å²) in [6, 6.07) is 15.4. The minimum Gasteiger partial charge on any atom is -0.497 e. The van der Waals surface area contributed by atoms with Crippen LogP contribution in [-0.2, 0) is 17.8 Å². The van der Waals surface area contributed by atoms with E-state index in [2.05, 4.69) is 17.4 Å². The van der Waals surface area contributed by atoms with Crippen molar-refractivity contribution < 1.29 is 14.3 Å². The number of nitrogens with one attached hydrogen (secondary N) is 1. The molecule has 164 valence electrons. The van der Waals surface area contributed by atoms with Gasteiger partial charge in [-0.25, -0.2) is 4.79 Å². The number of hydrogen-bond donors (Lipinski definition) is 1.